The van der Waals surface area contributed by atoms with Gasteiger partial charge in [0.2, 0.25) is 0 Å². The molecule has 5 heteroatoms. The second-order valence-electron chi connectivity index (χ2n) is 7.21. The minimum atomic E-state index is -0.290. The number of hydrogen-bond acceptors (Lipinski definition) is 4. The Kier molecular flexibility index (Phi) is 4.00. The van der Waals surface area contributed by atoms with Gasteiger partial charge in [0.05, 0.1) is 17.8 Å². The topological polar surface area (TPSA) is 30.9 Å². The zero-order chi connectivity index (χ0) is 16.0. The second kappa shape index (κ2) is 5.55. The molecular formula is C17H26BNO3. The number of anilines is 1. The first-order chi connectivity index (χ1) is 10.3. The Morgan fingerprint density at radius 3 is 2.50 bits per heavy atom. The van der Waals surface area contributed by atoms with Gasteiger partial charge in [-0.2, -0.15) is 0 Å². The van der Waals surface area contributed by atoms with Gasteiger partial charge in [0, 0.05) is 25.9 Å². The molecule has 0 aromatic heterocycles. The maximum absolute atomic E-state index is 6.15. The second-order valence-corrected chi connectivity index (χ2v) is 7.21. The molecule has 120 valence electrons. The Labute approximate surface area is 133 Å². The Morgan fingerprint density at radius 1 is 1.18 bits per heavy atom. The van der Waals surface area contributed by atoms with Crippen molar-refractivity contribution in [3.8, 4) is 0 Å². The van der Waals surface area contributed by atoms with Crippen LogP contribution in [-0.2, 0) is 20.5 Å². The standard InChI is InChI=1S/C17H26BNO3/c1-16(2)17(3,4)22-18(21-16)14-6-7-15-13(12-14)8-9-19(15)10-11-20-5/h6-7,12H,8-11H2,1-5H3. The van der Waals surface area contributed by atoms with Gasteiger partial charge in [-0.1, -0.05) is 12.1 Å². The molecule has 0 N–H and O–H groups in total. The number of rotatable bonds is 4. The van der Waals surface area contributed by atoms with Gasteiger partial charge >= 0.3 is 7.12 Å². The van der Waals surface area contributed by atoms with E-state index in [4.69, 9.17) is 14.0 Å². The zero-order valence-electron chi connectivity index (χ0n) is 14.3. The van der Waals surface area contributed by atoms with Crippen LogP contribution in [0.4, 0.5) is 5.69 Å². The van der Waals surface area contributed by atoms with Crippen LogP contribution in [0.15, 0.2) is 18.2 Å². The molecular weight excluding hydrogens is 277 g/mol. The maximum Gasteiger partial charge on any atom is 0.494 e. The number of benzene rings is 1. The van der Waals surface area contributed by atoms with Crippen molar-refractivity contribution in [1.29, 1.82) is 0 Å². The fraction of sp³-hybridized carbons (Fsp3) is 0.647. The van der Waals surface area contributed by atoms with Crippen LogP contribution in [0.2, 0.25) is 0 Å². The molecule has 3 rings (SSSR count). The SMILES string of the molecule is COCCN1CCc2cc(B3OC(C)(C)C(C)(C)O3)ccc21. The van der Waals surface area contributed by atoms with Gasteiger partial charge in [0.15, 0.2) is 0 Å². The van der Waals surface area contributed by atoms with Gasteiger partial charge in [-0.25, -0.2) is 0 Å². The highest BCUT2D eigenvalue weighted by Crippen LogP contribution is 2.37. The normalized spacial score (nSPS) is 22.2. The van der Waals surface area contributed by atoms with Crippen molar-refractivity contribution in [3.05, 3.63) is 23.8 Å². The lowest BCUT2D eigenvalue weighted by atomic mass is 9.78. The van der Waals surface area contributed by atoms with E-state index in [0.717, 1.165) is 31.6 Å². The molecule has 1 saturated heterocycles. The van der Waals surface area contributed by atoms with E-state index in [9.17, 15) is 0 Å². The van der Waals surface area contributed by atoms with Crippen molar-refractivity contribution in [3.63, 3.8) is 0 Å². The van der Waals surface area contributed by atoms with Crippen LogP contribution in [0, 0.1) is 0 Å². The van der Waals surface area contributed by atoms with Crippen LogP contribution >= 0.6 is 0 Å². The van der Waals surface area contributed by atoms with E-state index < -0.39 is 0 Å². The fourth-order valence-corrected chi connectivity index (χ4v) is 3.05. The molecule has 0 bridgehead atoms. The monoisotopic (exact) mass is 303 g/mol. The number of hydrogen-bond donors (Lipinski definition) is 0. The average Bonchev–Trinajstić information content (AvgIpc) is 2.94. The molecule has 1 fully saturated rings. The van der Waals surface area contributed by atoms with Crippen molar-refractivity contribution in [1.82, 2.24) is 0 Å². The summed E-state index contributed by atoms with van der Waals surface area (Å²) in [6, 6.07) is 6.56. The predicted octanol–water partition coefficient (Wildman–Crippen LogP) is 1.99. The summed E-state index contributed by atoms with van der Waals surface area (Å²) in [4.78, 5) is 2.38. The van der Waals surface area contributed by atoms with E-state index >= 15 is 0 Å². The highest BCUT2D eigenvalue weighted by Gasteiger charge is 2.51. The number of fused-ring (bicyclic) bond motifs is 1. The van der Waals surface area contributed by atoms with Gasteiger partial charge < -0.3 is 18.9 Å². The molecule has 4 nitrogen and oxygen atoms in total. The molecule has 1 aromatic rings. The third-order valence-corrected chi connectivity index (χ3v) is 5.19. The van der Waals surface area contributed by atoms with Gasteiger partial charge in [-0.3, -0.25) is 0 Å². The molecule has 0 aliphatic carbocycles. The maximum atomic E-state index is 6.15. The molecule has 0 radical (unpaired) electrons. The molecule has 0 atom stereocenters. The first-order valence-corrected chi connectivity index (χ1v) is 8.06. The van der Waals surface area contributed by atoms with E-state index in [2.05, 4.69) is 50.8 Å². The molecule has 0 unspecified atom stereocenters. The van der Waals surface area contributed by atoms with Crippen LogP contribution < -0.4 is 10.4 Å². The smallest absolute Gasteiger partial charge is 0.399 e. The first kappa shape index (κ1) is 15.8. The van der Waals surface area contributed by atoms with E-state index in [-0.39, 0.29) is 18.3 Å². The van der Waals surface area contributed by atoms with Crippen molar-refractivity contribution in [2.24, 2.45) is 0 Å². The third-order valence-electron chi connectivity index (χ3n) is 5.19. The Balaban J connectivity index is 1.79. The highest BCUT2D eigenvalue weighted by atomic mass is 16.7. The Bertz CT molecular complexity index is 543. The molecule has 0 amide bonds. The summed E-state index contributed by atoms with van der Waals surface area (Å²) < 4.78 is 17.5. The summed E-state index contributed by atoms with van der Waals surface area (Å²) in [6.45, 7) is 11.1. The van der Waals surface area contributed by atoms with Crippen molar-refractivity contribution >= 4 is 18.3 Å². The molecule has 2 aliphatic heterocycles. The van der Waals surface area contributed by atoms with E-state index in [1.807, 2.05) is 0 Å². The predicted molar refractivity (Wildman–Crippen MR) is 90.0 cm³/mol. The Morgan fingerprint density at radius 2 is 1.86 bits per heavy atom. The van der Waals surface area contributed by atoms with Crippen molar-refractivity contribution < 1.29 is 14.0 Å². The number of nitrogens with zero attached hydrogens (tertiary/aromatic N) is 1. The van der Waals surface area contributed by atoms with Gasteiger partial charge in [-0.15, -0.1) is 0 Å². The summed E-state index contributed by atoms with van der Waals surface area (Å²) in [5.41, 5.74) is 3.23. The number of methoxy groups -OCH3 is 1. The van der Waals surface area contributed by atoms with Gasteiger partial charge in [0.25, 0.3) is 0 Å². The van der Waals surface area contributed by atoms with E-state index in [1.165, 1.54) is 11.3 Å². The van der Waals surface area contributed by atoms with Crippen molar-refractivity contribution in [2.45, 2.75) is 45.3 Å². The lowest BCUT2D eigenvalue weighted by Gasteiger charge is -2.32. The fourth-order valence-electron chi connectivity index (χ4n) is 3.05. The largest absolute Gasteiger partial charge is 0.494 e. The molecule has 0 spiro atoms. The summed E-state index contributed by atoms with van der Waals surface area (Å²) in [5, 5.41) is 0. The van der Waals surface area contributed by atoms with E-state index in [0.29, 0.717) is 0 Å². The minimum absolute atomic E-state index is 0.275. The molecule has 1 aromatic carbocycles. The van der Waals surface area contributed by atoms with Crippen LogP contribution in [0.25, 0.3) is 0 Å². The molecule has 0 saturated carbocycles. The molecule has 22 heavy (non-hydrogen) atoms. The van der Waals surface area contributed by atoms with E-state index in [1.54, 1.807) is 7.11 Å². The summed E-state index contributed by atoms with van der Waals surface area (Å²) >= 11 is 0. The zero-order valence-corrected chi connectivity index (χ0v) is 14.3. The van der Waals surface area contributed by atoms with Crippen LogP contribution in [0.3, 0.4) is 0 Å². The lowest BCUT2D eigenvalue weighted by Crippen LogP contribution is -2.41. The van der Waals surface area contributed by atoms with Crippen LogP contribution in [-0.4, -0.2) is 45.1 Å². The average molecular weight is 303 g/mol. The summed E-state index contributed by atoms with van der Waals surface area (Å²) in [6.07, 6.45) is 1.08. The number of ether oxygens (including phenoxy) is 1. The summed E-state index contributed by atoms with van der Waals surface area (Å²) in [7, 11) is 1.47. The molecule has 2 heterocycles. The summed E-state index contributed by atoms with van der Waals surface area (Å²) in [5.74, 6) is 0. The van der Waals surface area contributed by atoms with Gasteiger partial charge in [0.1, 0.15) is 0 Å². The third kappa shape index (κ3) is 2.66. The minimum Gasteiger partial charge on any atom is -0.399 e. The van der Waals surface area contributed by atoms with Crippen molar-refractivity contribution in [2.75, 3.05) is 31.7 Å². The van der Waals surface area contributed by atoms with Crippen LogP contribution in [0.5, 0.6) is 0 Å². The highest BCUT2D eigenvalue weighted by molar-refractivity contribution is 6.62. The lowest BCUT2D eigenvalue weighted by molar-refractivity contribution is 0.00578. The Hall–Kier alpha value is -1.04. The quantitative estimate of drug-likeness (QED) is 0.796. The molecule has 2 aliphatic rings. The van der Waals surface area contributed by atoms with Crippen LogP contribution in [0.1, 0.15) is 33.3 Å². The van der Waals surface area contributed by atoms with Gasteiger partial charge in [-0.05, 0) is 51.2 Å². The first-order valence-electron chi connectivity index (χ1n) is 8.06.